The molecule has 2 aromatic carbocycles. The molecule has 5 rings (SSSR count). The van der Waals surface area contributed by atoms with Crippen LogP contribution in [0.4, 0.5) is 5.69 Å². The summed E-state index contributed by atoms with van der Waals surface area (Å²) in [6, 6.07) is 14.3. The van der Waals surface area contributed by atoms with Gasteiger partial charge in [-0.3, -0.25) is 30.1 Å². The van der Waals surface area contributed by atoms with Crippen molar-refractivity contribution >= 4 is 40.3 Å². The molecule has 3 heterocycles. The zero-order valence-electron chi connectivity index (χ0n) is 25.7. The molecule has 1 aliphatic heterocycles. The number of esters is 1. The van der Waals surface area contributed by atoms with Crippen LogP contribution in [0.1, 0.15) is 59.6 Å². The summed E-state index contributed by atoms with van der Waals surface area (Å²) >= 11 is 0. The number of carbonyl (C=O) groups excluding carboxylic acids is 3. The van der Waals surface area contributed by atoms with Crippen molar-refractivity contribution in [1.82, 2.24) is 30.5 Å². The van der Waals surface area contributed by atoms with E-state index >= 15 is 0 Å². The number of nitrogens with zero attached hydrogens (tertiary/aromatic N) is 3. The molecule has 12 nitrogen and oxygen atoms in total. The molecule has 234 valence electrons. The predicted molar refractivity (Wildman–Crippen MR) is 171 cm³/mol. The first-order chi connectivity index (χ1) is 21.7. The number of amidine groups is 1. The smallest absolute Gasteiger partial charge is 0.319 e. The molecule has 4 aromatic rings. The van der Waals surface area contributed by atoms with Gasteiger partial charge in [-0.1, -0.05) is 6.07 Å². The fourth-order valence-corrected chi connectivity index (χ4v) is 5.57. The van der Waals surface area contributed by atoms with Crippen molar-refractivity contribution in [2.45, 2.75) is 45.7 Å². The zero-order chi connectivity index (χ0) is 32.0. The van der Waals surface area contributed by atoms with Crippen molar-refractivity contribution in [3.8, 4) is 0 Å². The van der Waals surface area contributed by atoms with Crippen molar-refractivity contribution in [1.29, 1.82) is 5.41 Å². The quantitative estimate of drug-likeness (QED) is 0.0976. The lowest BCUT2D eigenvalue weighted by Gasteiger charge is -2.35. The standard InChI is InChI=1S/C33H38N8O4/c1-4-45-28(42)20-37-33(3,32(44)41-16-5-6-17-41)25-13-14-26-29(21(25)2)39-27(38-26)19-36-24-11-9-22(10-12-24)30(34)40-31(43)23-8-7-15-35-18-23/h7-15,18,36-37H,4-6,16-17,19-20H2,1-3H3,(H,38,39)(H2,34,40,43). The van der Waals surface area contributed by atoms with Crippen LogP contribution in [0.3, 0.4) is 0 Å². The van der Waals surface area contributed by atoms with E-state index in [1.54, 1.807) is 37.4 Å². The van der Waals surface area contributed by atoms with Crippen LogP contribution in [-0.2, 0) is 26.4 Å². The van der Waals surface area contributed by atoms with E-state index in [1.807, 2.05) is 43.0 Å². The number of nitrogens with one attached hydrogen (secondary N) is 5. The van der Waals surface area contributed by atoms with E-state index in [0.717, 1.165) is 40.7 Å². The summed E-state index contributed by atoms with van der Waals surface area (Å²) in [7, 11) is 0. The minimum Gasteiger partial charge on any atom is -0.465 e. The first-order valence-electron chi connectivity index (χ1n) is 15.0. The van der Waals surface area contributed by atoms with Crippen molar-refractivity contribution in [3.63, 3.8) is 0 Å². The number of aromatic nitrogens is 3. The molecule has 0 aliphatic carbocycles. The highest BCUT2D eigenvalue weighted by molar-refractivity contribution is 6.11. The molecule has 1 saturated heterocycles. The van der Waals surface area contributed by atoms with Gasteiger partial charge in [0.05, 0.1) is 36.3 Å². The molecular weight excluding hydrogens is 572 g/mol. The van der Waals surface area contributed by atoms with Crippen molar-refractivity contribution in [2.75, 3.05) is 31.6 Å². The Labute approximate surface area is 261 Å². The molecule has 45 heavy (non-hydrogen) atoms. The summed E-state index contributed by atoms with van der Waals surface area (Å²) in [5, 5.41) is 17.4. The number of benzene rings is 2. The maximum Gasteiger partial charge on any atom is 0.319 e. The average Bonchev–Trinajstić information content (AvgIpc) is 3.74. The lowest BCUT2D eigenvalue weighted by atomic mass is 9.86. The monoisotopic (exact) mass is 610 g/mol. The van der Waals surface area contributed by atoms with Gasteiger partial charge in [0.15, 0.2) is 0 Å². The molecule has 0 bridgehead atoms. The Balaban J connectivity index is 1.29. The highest BCUT2D eigenvalue weighted by atomic mass is 16.5. The number of hydrogen-bond acceptors (Lipinski definition) is 9. The summed E-state index contributed by atoms with van der Waals surface area (Å²) in [5.74, 6) is -0.181. The normalized spacial score (nSPS) is 14.2. The Hall–Kier alpha value is -5.10. The molecular formula is C33H38N8O4. The molecule has 0 saturated carbocycles. The third kappa shape index (κ3) is 7.01. The number of ether oxygens (including phenoxy) is 1. The van der Waals surface area contributed by atoms with Crippen molar-refractivity contribution in [3.05, 3.63) is 89.0 Å². The lowest BCUT2D eigenvalue weighted by Crippen LogP contribution is -2.54. The van der Waals surface area contributed by atoms with Gasteiger partial charge in [0.25, 0.3) is 5.91 Å². The second-order valence-electron chi connectivity index (χ2n) is 11.1. The number of pyridine rings is 1. The number of fused-ring (bicyclic) bond motifs is 1. The summed E-state index contributed by atoms with van der Waals surface area (Å²) in [4.78, 5) is 52.4. The minimum atomic E-state index is -1.14. The first kappa shape index (κ1) is 31.3. The number of likely N-dealkylation sites (tertiary alicyclic amines) is 1. The molecule has 1 aliphatic rings. The molecule has 1 atom stereocenters. The number of rotatable bonds is 11. The van der Waals surface area contributed by atoms with Crippen LogP contribution in [-0.4, -0.2) is 69.7 Å². The van der Waals surface area contributed by atoms with Gasteiger partial charge in [0, 0.05) is 36.7 Å². The number of amides is 2. The highest BCUT2D eigenvalue weighted by Gasteiger charge is 2.41. The van der Waals surface area contributed by atoms with E-state index in [-0.39, 0.29) is 24.9 Å². The van der Waals surface area contributed by atoms with Gasteiger partial charge in [0.1, 0.15) is 17.2 Å². The molecule has 0 radical (unpaired) electrons. The van der Waals surface area contributed by atoms with Gasteiger partial charge in [-0.2, -0.15) is 0 Å². The maximum atomic E-state index is 13.8. The van der Waals surface area contributed by atoms with Crippen LogP contribution in [0.15, 0.2) is 60.9 Å². The van der Waals surface area contributed by atoms with Gasteiger partial charge >= 0.3 is 5.97 Å². The van der Waals surface area contributed by atoms with Gasteiger partial charge in [-0.15, -0.1) is 0 Å². The van der Waals surface area contributed by atoms with Crippen LogP contribution < -0.4 is 16.0 Å². The molecule has 2 aromatic heterocycles. The Morgan fingerprint density at radius 3 is 2.51 bits per heavy atom. The van der Waals surface area contributed by atoms with E-state index in [0.29, 0.717) is 36.6 Å². The first-order valence-corrected chi connectivity index (χ1v) is 15.0. The minimum absolute atomic E-state index is 0.00840. The molecule has 12 heteroatoms. The Bertz CT molecular complexity index is 1700. The number of aryl methyl sites for hydroxylation is 1. The summed E-state index contributed by atoms with van der Waals surface area (Å²) < 4.78 is 5.12. The molecule has 2 amide bonds. The number of carbonyl (C=O) groups is 3. The fourth-order valence-electron chi connectivity index (χ4n) is 5.57. The van der Waals surface area contributed by atoms with E-state index < -0.39 is 17.4 Å². The number of aromatic amines is 1. The van der Waals surface area contributed by atoms with Gasteiger partial charge in [-0.25, -0.2) is 4.98 Å². The summed E-state index contributed by atoms with van der Waals surface area (Å²) in [6.07, 6.45) is 4.95. The molecule has 5 N–H and O–H groups in total. The highest BCUT2D eigenvalue weighted by Crippen LogP contribution is 2.32. The number of imidazole rings is 1. The van der Waals surface area contributed by atoms with E-state index in [2.05, 4.69) is 25.9 Å². The van der Waals surface area contributed by atoms with E-state index in [4.69, 9.17) is 15.1 Å². The largest absolute Gasteiger partial charge is 0.465 e. The van der Waals surface area contributed by atoms with Crippen LogP contribution in [0, 0.1) is 12.3 Å². The van der Waals surface area contributed by atoms with Crippen molar-refractivity contribution < 1.29 is 19.1 Å². The van der Waals surface area contributed by atoms with Crippen LogP contribution in [0.25, 0.3) is 11.0 Å². The van der Waals surface area contributed by atoms with Gasteiger partial charge < -0.3 is 25.3 Å². The third-order valence-electron chi connectivity index (χ3n) is 8.00. The fraction of sp³-hybridized carbons (Fsp3) is 0.333. The van der Waals surface area contributed by atoms with Gasteiger partial charge in [0.2, 0.25) is 5.91 Å². The second-order valence-corrected chi connectivity index (χ2v) is 11.1. The number of hydrogen-bond donors (Lipinski definition) is 5. The zero-order valence-corrected chi connectivity index (χ0v) is 25.7. The third-order valence-corrected chi connectivity index (χ3v) is 8.00. The SMILES string of the molecule is CCOC(=O)CNC(C)(C(=O)N1CCCC1)c1ccc2[nH]c(CNc3ccc(C(=N)NC(=O)c4cccnc4)cc3)nc2c1C. The predicted octanol–water partition coefficient (Wildman–Crippen LogP) is 3.62. The Kier molecular flexibility index (Phi) is 9.53. The molecule has 0 spiro atoms. The molecule has 1 fully saturated rings. The molecule has 1 unspecified atom stereocenters. The maximum absolute atomic E-state index is 13.8. The summed E-state index contributed by atoms with van der Waals surface area (Å²) in [5.41, 5.74) is 3.80. The van der Waals surface area contributed by atoms with E-state index in [9.17, 15) is 14.4 Å². The van der Waals surface area contributed by atoms with Crippen LogP contribution >= 0.6 is 0 Å². The topological polar surface area (TPSA) is 165 Å². The van der Waals surface area contributed by atoms with Crippen LogP contribution in [0.2, 0.25) is 0 Å². The van der Waals surface area contributed by atoms with Gasteiger partial charge in [-0.05, 0) is 87.2 Å². The number of H-pyrrole nitrogens is 1. The van der Waals surface area contributed by atoms with E-state index in [1.165, 1.54) is 6.20 Å². The lowest BCUT2D eigenvalue weighted by molar-refractivity contribution is -0.143. The second kappa shape index (κ2) is 13.7. The summed E-state index contributed by atoms with van der Waals surface area (Å²) in [6.45, 7) is 7.49. The Morgan fingerprint density at radius 2 is 1.82 bits per heavy atom. The van der Waals surface area contributed by atoms with Crippen LogP contribution in [0.5, 0.6) is 0 Å². The van der Waals surface area contributed by atoms with Crippen molar-refractivity contribution in [2.24, 2.45) is 0 Å². The average molecular weight is 611 g/mol. The number of anilines is 1. The Morgan fingerprint density at radius 1 is 1.07 bits per heavy atom.